The number of allylic oxidation sites excluding steroid dienone is 1. The van der Waals surface area contributed by atoms with Crippen LogP contribution in [0.1, 0.15) is 37.7 Å². The average molecular weight is 337 g/mol. The monoisotopic (exact) mass is 336 g/mol. The first kappa shape index (κ1) is 14.0. The van der Waals surface area contributed by atoms with Gasteiger partial charge in [-0.2, -0.15) is 0 Å². The summed E-state index contributed by atoms with van der Waals surface area (Å²) in [4.78, 5) is 0. The number of halogens is 1. The maximum absolute atomic E-state index is 5.66. The molecule has 1 heterocycles. The SMILES string of the molecule is BrC/C(=C/c1ccc2c(c1)OCCO2)C1CCCCC1. The van der Waals surface area contributed by atoms with Crippen LogP contribution in [0.2, 0.25) is 0 Å². The van der Waals surface area contributed by atoms with Crippen molar-refractivity contribution in [3.05, 3.63) is 29.3 Å². The van der Waals surface area contributed by atoms with E-state index in [1.165, 1.54) is 43.2 Å². The van der Waals surface area contributed by atoms with E-state index in [1.54, 1.807) is 0 Å². The van der Waals surface area contributed by atoms with Crippen LogP contribution in [0.15, 0.2) is 23.8 Å². The predicted molar refractivity (Wildman–Crippen MR) is 85.8 cm³/mol. The molecule has 2 aliphatic rings. The normalized spacial score (nSPS) is 19.9. The summed E-state index contributed by atoms with van der Waals surface area (Å²) < 4.78 is 11.2. The molecule has 0 radical (unpaired) electrons. The zero-order valence-electron chi connectivity index (χ0n) is 11.7. The summed E-state index contributed by atoms with van der Waals surface area (Å²) in [6.45, 7) is 1.30. The van der Waals surface area contributed by atoms with Crippen LogP contribution in [0.3, 0.4) is 0 Å². The van der Waals surface area contributed by atoms with Gasteiger partial charge >= 0.3 is 0 Å². The smallest absolute Gasteiger partial charge is 0.161 e. The Labute approximate surface area is 129 Å². The molecule has 1 aliphatic carbocycles. The van der Waals surface area contributed by atoms with Gasteiger partial charge in [-0.25, -0.2) is 0 Å². The standard InChI is InChI=1S/C17H21BrO2/c18-12-15(14-4-2-1-3-5-14)10-13-6-7-16-17(11-13)20-9-8-19-16/h6-7,10-11,14H,1-5,8-9,12H2/b15-10-. The highest BCUT2D eigenvalue weighted by atomic mass is 79.9. The molecule has 1 aromatic rings. The Morgan fingerprint density at radius 3 is 2.60 bits per heavy atom. The fourth-order valence-corrected chi connectivity index (χ4v) is 3.72. The van der Waals surface area contributed by atoms with Crippen LogP contribution in [0.25, 0.3) is 6.08 Å². The fourth-order valence-electron chi connectivity index (χ4n) is 3.10. The van der Waals surface area contributed by atoms with Gasteiger partial charge in [0.15, 0.2) is 11.5 Å². The third-order valence-corrected chi connectivity index (χ3v) is 4.85. The van der Waals surface area contributed by atoms with Gasteiger partial charge in [0.1, 0.15) is 13.2 Å². The number of ether oxygens (including phenoxy) is 2. The van der Waals surface area contributed by atoms with Crippen LogP contribution in [0.5, 0.6) is 11.5 Å². The lowest BCUT2D eigenvalue weighted by Crippen LogP contribution is -2.15. The molecule has 0 spiro atoms. The second kappa shape index (κ2) is 6.66. The molecule has 20 heavy (non-hydrogen) atoms. The van der Waals surface area contributed by atoms with Crippen molar-refractivity contribution in [3.8, 4) is 11.5 Å². The molecule has 3 rings (SSSR count). The molecule has 0 amide bonds. The minimum Gasteiger partial charge on any atom is -0.486 e. The molecule has 0 saturated heterocycles. The Morgan fingerprint density at radius 1 is 1.10 bits per heavy atom. The quantitative estimate of drug-likeness (QED) is 0.737. The lowest BCUT2D eigenvalue weighted by Gasteiger charge is -2.24. The van der Waals surface area contributed by atoms with Crippen LogP contribution in [-0.2, 0) is 0 Å². The van der Waals surface area contributed by atoms with Crippen LogP contribution < -0.4 is 9.47 Å². The maximum atomic E-state index is 5.66. The number of hydrogen-bond donors (Lipinski definition) is 0. The molecule has 1 aliphatic heterocycles. The predicted octanol–water partition coefficient (Wildman–Crippen LogP) is 4.82. The molecule has 1 aromatic carbocycles. The molecule has 0 atom stereocenters. The highest BCUT2D eigenvalue weighted by molar-refractivity contribution is 9.09. The number of alkyl halides is 1. The number of benzene rings is 1. The molecule has 1 saturated carbocycles. The zero-order chi connectivity index (χ0) is 13.8. The van der Waals surface area contributed by atoms with Gasteiger partial charge in [0.2, 0.25) is 0 Å². The van der Waals surface area contributed by atoms with Gasteiger partial charge in [0.05, 0.1) is 0 Å². The van der Waals surface area contributed by atoms with Crippen molar-refractivity contribution in [1.29, 1.82) is 0 Å². The van der Waals surface area contributed by atoms with Crippen LogP contribution in [0.4, 0.5) is 0 Å². The summed E-state index contributed by atoms with van der Waals surface area (Å²) >= 11 is 3.66. The number of hydrogen-bond acceptors (Lipinski definition) is 2. The van der Waals surface area contributed by atoms with E-state index in [0.717, 1.165) is 22.7 Å². The first-order valence-corrected chi connectivity index (χ1v) is 8.65. The molecular weight excluding hydrogens is 316 g/mol. The van der Waals surface area contributed by atoms with E-state index in [0.29, 0.717) is 13.2 Å². The first-order valence-electron chi connectivity index (χ1n) is 7.53. The summed E-state index contributed by atoms with van der Waals surface area (Å²) in [5, 5.41) is 0.964. The molecule has 1 fully saturated rings. The minimum atomic E-state index is 0.647. The van der Waals surface area contributed by atoms with Crippen molar-refractivity contribution in [2.24, 2.45) is 5.92 Å². The van der Waals surface area contributed by atoms with E-state index in [2.05, 4.69) is 34.1 Å². The van der Waals surface area contributed by atoms with Gasteiger partial charge in [-0.3, -0.25) is 0 Å². The van der Waals surface area contributed by atoms with Gasteiger partial charge < -0.3 is 9.47 Å². The van der Waals surface area contributed by atoms with Crippen LogP contribution in [-0.4, -0.2) is 18.5 Å². The molecule has 0 unspecified atom stereocenters. The van der Waals surface area contributed by atoms with Gasteiger partial charge in [0, 0.05) is 5.33 Å². The lowest BCUT2D eigenvalue weighted by molar-refractivity contribution is 0.171. The molecule has 0 N–H and O–H groups in total. The van der Waals surface area contributed by atoms with Gasteiger partial charge in [0.25, 0.3) is 0 Å². The molecule has 0 aromatic heterocycles. The summed E-state index contributed by atoms with van der Waals surface area (Å²) in [7, 11) is 0. The van der Waals surface area contributed by atoms with Crippen LogP contribution >= 0.6 is 15.9 Å². The third-order valence-electron chi connectivity index (χ3n) is 4.20. The van der Waals surface area contributed by atoms with E-state index in [4.69, 9.17) is 9.47 Å². The summed E-state index contributed by atoms with van der Waals surface area (Å²) in [5.41, 5.74) is 2.73. The molecule has 108 valence electrons. The fraction of sp³-hybridized carbons (Fsp3) is 0.529. The number of fused-ring (bicyclic) bond motifs is 1. The number of rotatable bonds is 3. The van der Waals surface area contributed by atoms with Crippen molar-refractivity contribution in [1.82, 2.24) is 0 Å². The zero-order valence-corrected chi connectivity index (χ0v) is 13.3. The van der Waals surface area contributed by atoms with E-state index >= 15 is 0 Å². The van der Waals surface area contributed by atoms with Gasteiger partial charge in [-0.1, -0.05) is 52.9 Å². The van der Waals surface area contributed by atoms with Crippen molar-refractivity contribution in [2.75, 3.05) is 18.5 Å². The minimum absolute atomic E-state index is 0.647. The lowest BCUT2D eigenvalue weighted by atomic mass is 9.84. The van der Waals surface area contributed by atoms with Crippen LogP contribution in [0, 0.1) is 5.92 Å². The molecular formula is C17H21BrO2. The second-order valence-corrected chi connectivity index (χ2v) is 6.15. The Morgan fingerprint density at radius 2 is 1.85 bits per heavy atom. The average Bonchev–Trinajstić information content (AvgIpc) is 2.53. The Hall–Kier alpha value is -0.960. The second-order valence-electron chi connectivity index (χ2n) is 5.59. The highest BCUT2D eigenvalue weighted by Gasteiger charge is 2.17. The molecule has 0 bridgehead atoms. The maximum Gasteiger partial charge on any atom is 0.161 e. The van der Waals surface area contributed by atoms with E-state index in [1.807, 2.05) is 6.07 Å². The highest BCUT2D eigenvalue weighted by Crippen LogP contribution is 2.34. The molecule has 2 nitrogen and oxygen atoms in total. The Balaban J connectivity index is 1.81. The Bertz CT molecular complexity index is 490. The van der Waals surface area contributed by atoms with Crippen molar-refractivity contribution in [2.45, 2.75) is 32.1 Å². The van der Waals surface area contributed by atoms with E-state index in [9.17, 15) is 0 Å². The summed E-state index contributed by atoms with van der Waals surface area (Å²) in [6, 6.07) is 6.24. The van der Waals surface area contributed by atoms with E-state index < -0.39 is 0 Å². The van der Waals surface area contributed by atoms with Gasteiger partial charge in [-0.05, 0) is 36.5 Å². The molecule has 3 heteroatoms. The first-order chi connectivity index (χ1) is 9.86. The van der Waals surface area contributed by atoms with E-state index in [-0.39, 0.29) is 0 Å². The largest absolute Gasteiger partial charge is 0.486 e. The van der Waals surface area contributed by atoms with Crippen molar-refractivity contribution in [3.63, 3.8) is 0 Å². The van der Waals surface area contributed by atoms with Crippen molar-refractivity contribution < 1.29 is 9.47 Å². The Kier molecular flexibility index (Phi) is 4.66. The summed E-state index contributed by atoms with van der Waals surface area (Å²) in [5.74, 6) is 2.49. The topological polar surface area (TPSA) is 18.5 Å². The van der Waals surface area contributed by atoms with Crippen molar-refractivity contribution >= 4 is 22.0 Å². The van der Waals surface area contributed by atoms with Gasteiger partial charge in [-0.15, -0.1) is 0 Å². The third kappa shape index (κ3) is 3.20. The summed E-state index contributed by atoms with van der Waals surface area (Å²) in [6.07, 6.45) is 9.13.